The highest BCUT2D eigenvalue weighted by molar-refractivity contribution is 6.20. The lowest BCUT2D eigenvalue weighted by Gasteiger charge is -2.31. The first-order chi connectivity index (χ1) is 7.45. The minimum atomic E-state index is -0.616. The van der Waals surface area contributed by atoms with Gasteiger partial charge in [0.1, 0.15) is 17.5 Å². The van der Waals surface area contributed by atoms with Gasteiger partial charge < -0.3 is 5.11 Å². The van der Waals surface area contributed by atoms with Gasteiger partial charge in [-0.15, -0.1) is 11.6 Å². The van der Waals surface area contributed by atoms with E-state index in [0.717, 1.165) is 0 Å². The fraction of sp³-hybridized carbons (Fsp3) is 0.818. The van der Waals surface area contributed by atoms with Crippen LogP contribution in [0.2, 0.25) is 0 Å². The average molecular weight is 246 g/mol. The van der Waals surface area contributed by atoms with E-state index in [1.54, 1.807) is 0 Å². The van der Waals surface area contributed by atoms with E-state index in [2.05, 4.69) is 42.9 Å². The van der Waals surface area contributed by atoms with E-state index < -0.39 is 11.5 Å². The van der Waals surface area contributed by atoms with Gasteiger partial charge in [-0.3, -0.25) is 5.10 Å². The summed E-state index contributed by atoms with van der Waals surface area (Å²) >= 11 is 6.20. The standard InChI is InChI=1S/C11H20ClN3O/c1-6(2)8(7(3)4)10(16)9(12)11-13-5-14-15-11/h5-10,16H,1-4H3,(H,13,14,15). The van der Waals surface area contributed by atoms with Gasteiger partial charge in [0.15, 0.2) is 0 Å². The first-order valence-electron chi connectivity index (χ1n) is 5.62. The van der Waals surface area contributed by atoms with Gasteiger partial charge in [-0.2, -0.15) is 5.10 Å². The lowest BCUT2D eigenvalue weighted by molar-refractivity contribution is 0.0481. The number of hydrogen-bond acceptors (Lipinski definition) is 3. The summed E-state index contributed by atoms with van der Waals surface area (Å²) in [5, 5.41) is 16.2. The van der Waals surface area contributed by atoms with Gasteiger partial charge >= 0.3 is 0 Å². The quantitative estimate of drug-likeness (QED) is 0.783. The number of halogens is 1. The number of aliphatic hydroxyl groups excluding tert-OH is 1. The van der Waals surface area contributed by atoms with Crippen LogP contribution < -0.4 is 0 Å². The lowest BCUT2D eigenvalue weighted by Crippen LogP contribution is -2.33. The molecule has 2 atom stereocenters. The highest BCUT2D eigenvalue weighted by Gasteiger charge is 2.33. The van der Waals surface area contributed by atoms with Crippen molar-refractivity contribution in [1.29, 1.82) is 0 Å². The average Bonchev–Trinajstić information content (AvgIpc) is 2.67. The normalized spacial score (nSPS) is 16.1. The number of hydrogen-bond donors (Lipinski definition) is 2. The van der Waals surface area contributed by atoms with Gasteiger partial charge in [-0.05, 0) is 17.8 Å². The van der Waals surface area contributed by atoms with Crippen molar-refractivity contribution < 1.29 is 5.11 Å². The summed E-state index contributed by atoms with van der Waals surface area (Å²) in [7, 11) is 0. The molecular weight excluding hydrogens is 226 g/mol. The Labute approximate surface area is 101 Å². The van der Waals surface area contributed by atoms with E-state index in [1.165, 1.54) is 6.33 Å². The highest BCUT2D eigenvalue weighted by Crippen LogP contribution is 2.33. The number of nitrogens with zero attached hydrogens (tertiary/aromatic N) is 2. The van der Waals surface area contributed by atoms with E-state index in [4.69, 9.17) is 11.6 Å². The first-order valence-corrected chi connectivity index (χ1v) is 6.06. The summed E-state index contributed by atoms with van der Waals surface area (Å²) in [4.78, 5) is 3.98. The molecule has 0 amide bonds. The number of aliphatic hydroxyl groups is 1. The molecule has 5 heteroatoms. The minimum absolute atomic E-state index is 0.146. The van der Waals surface area contributed by atoms with Crippen molar-refractivity contribution in [2.75, 3.05) is 0 Å². The van der Waals surface area contributed by atoms with Crippen LogP contribution in [0.3, 0.4) is 0 Å². The van der Waals surface area contributed by atoms with Crippen LogP contribution in [0.25, 0.3) is 0 Å². The van der Waals surface area contributed by atoms with Gasteiger partial charge in [-0.1, -0.05) is 27.7 Å². The molecular formula is C11H20ClN3O. The number of aromatic amines is 1. The van der Waals surface area contributed by atoms with E-state index >= 15 is 0 Å². The molecule has 1 aromatic heterocycles. The molecule has 0 saturated heterocycles. The van der Waals surface area contributed by atoms with Crippen molar-refractivity contribution >= 4 is 11.6 Å². The third-order valence-electron chi connectivity index (χ3n) is 2.93. The summed E-state index contributed by atoms with van der Waals surface area (Å²) in [5.74, 6) is 1.42. The topological polar surface area (TPSA) is 61.8 Å². The molecule has 4 nitrogen and oxygen atoms in total. The molecule has 92 valence electrons. The van der Waals surface area contributed by atoms with Crippen LogP contribution in [0, 0.1) is 17.8 Å². The van der Waals surface area contributed by atoms with Crippen LogP contribution in [0.15, 0.2) is 6.33 Å². The molecule has 2 N–H and O–H groups in total. The molecule has 0 aliphatic heterocycles. The third-order valence-corrected chi connectivity index (χ3v) is 3.39. The Bertz CT molecular complexity index is 292. The van der Waals surface area contributed by atoms with Crippen LogP contribution in [0.4, 0.5) is 0 Å². The fourth-order valence-corrected chi connectivity index (χ4v) is 2.54. The monoisotopic (exact) mass is 245 g/mol. The molecule has 0 aromatic carbocycles. The van der Waals surface area contributed by atoms with E-state index in [-0.39, 0.29) is 5.92 Å². The number of H-pyrrole nitrogens is 1. The molecule has 1 heterocycles. The zero-order valence-corrected chi connectivity index (χ0v) is 10.9. The van der Waals surface area contributed by atoms with Crippen molar-refractivity contribution in [3.05, 3.63) is 12.2 Å². The molecule has 2 unspecified atom stereocenters. The third kappa shape index (κ3) is 2.95. The second kappa shape index (κ2) is 5.64. The van der Waals surface area contributed by atoms with E-state index in [9.17, 15) is 5.11 Å². The predicted octanol–water partition coefficient (Wildman–Crippen LogP) is 2.37. The van der Waals surface area contributed by atoms with Crippen molar-refractivity contribution in [3.63, 3.8) is 0 Å². The Morgan fingerprint density at radius 2 is 1.81 bits per heavy atom. The summed E-state index contributed by atoms with van der Waals surface area (Å²) in [6.07, 6.45) is 0.784. The fourth-order valence-electron chi connectivity index (χ4n) is 2.26. The van der Waals surface area contributed by atoms with Gasteiger partial charge in [0.25, 0.3) is 0 Å². The maximum absolute atomic E-state index is 10.3. The summed E-state index contributed by atoms with van der Waals surface area (Å²) in [6, 6.07) is 0. The smallest absolute Gasteiger partial charge is 0.144 e. The van der Waals surface area contributed by atoms with Gasteiger partial charge in [0.2, 0.25) is 0 Å². The van der Waals surface area contributed by atoms with Crippen LogP contribution in [-0.4, -0.2) is 26.4 Å². The van der Waals surface area contributed by atoms with Crippen molar-refractivity contribution in [2.45, 2.75) is 39.2 Å². The molecule has 0 fully saturated rings. The number of aromatic nitrogens is 3. The van der Waals surface area contributed by atoms with Gasteiger partial charge in [-0.25, -0.2) is 4.98 Å². The Balaban J connectivity index is 2.78. The first kappa shape index (κ1) is 13.5. The van der Waals surface area contributed by atoms with Crippen LogP contribution >= 0.6 is 11.6 Å². The summed E-state index contributed by atoms with van der Waals surface area (Å²) in [5.41, 5.74) is 0. The maximum atomic E-state index is 10.3. The Morgan fingerprint density at radius 1 is 1.25 bits per heavy atom. The SMILES string of the molecule is CC(C)C(C(C)C)C(O)C(Cl)c1ncn[nH]1. The predicted molar refractivity (Wildman–Crippen MR) is 64.1 cm³/mol. The second-order valence-electron chi connectivity index (χ2n) is 4.83. The number of nitrogens with one attached hydrogen (secondary N) is 1. The molecule has 1 rings (SSSR count). The van der Waals surface area contributed by atoms with Gasteiger partial charge in [0, 0.05) is 0 Å². The molecule has 0 radical (unpaired) electrons. The highest BCUT2D eigenvalue weighted by atomic mass is 35.5. The lowest BCUT2D eigenvalue weighted by atomic mass is 9.80. The maximum Gasteiger partial charge on any atom is 0.144 e. The molecule has 0 saturated carbocycles. The summed E-state index contributed by atoms with van der Waals surface area (Å²) in [6.45, 7) is 8.38. The van der Waals surface area contributed by atoms with Crippen LogP contribution in [-0.2, 0) is 0 Å². The molecule has 0 spiro atoms. The second-order valence-corrected chi connectivity index (χ2v) is 5.30. The van der Waals surface area contributed by atoms with Crippen molar-refractivity contribution in [2.24, 2.45) is 17.8 Å². The van der Waals surface area contributed by atoms with Crippen LogP contribution in [0.5, 0.6) is 0 Å². The molecule has 0 bridgehead atoms. The van der Waals surface area contributed by atoms with E-state index in [0.29, 0.717) is 17.7 Å². The molecule has 0 aliphatic carbocycles. The number of alkyl halides is 1. The van der Waals surface area contributed by atoms with Crippen LogP contribution in [0.1, 0.15) is 38.9 Å². The Kier molecular flexibility index (Phi) is 4.74. The number of rotatable bonds is 5. The molecule has 1 aromatic rings. The summed E-state index contributed by atoms with van der Waals surface area (Å²) < 4.78 is 0. The van der Waals surface area contributed by atoms with E-state index in [1.807, 2.05) is 0 Å². The van der Waals surface area contributed by atoms with Crippen molar-refractivity contribution in [1.82, 2.24) is 15.2 Å². The minimum Gasteiger partial charge on any atom is -0.391 e. The molecule has 16 heavy (non-hydrogen) atoms. The molecule has 0 aliphatic rings. The van der Waals surface area contributed by atoms with Gasteiger partial charge in [0.05, 0.1) is 6.10 Å². The Hall–Kier alpha value is -0.610. The zero-order chi connectivity index (χ0) is 12.3. The zero-order valence-electron chi connectivity index (χ0n) is 10.2. The van der Waals surface area contributed by atoms with Crippen molar-refractivity contribution in [3.8, 4) is 0 Å². The largest absolute Gasteiger partial charge is 0.391 e. The Morgan fingerprint density at radius 3 is 2.19 bits per heavy atom.